The summed E-state index contributed by atoms with van der Waals surface area (Å²) in [4.78, 5) is 0. The zero-order valence-corrected chi connectivity index (χ0v) is 9.55. The van der Waals surface area contributed by atoms with Crippen LogP contribution in [0.2, 0.25) is 5.02 Å². The van der Waals surface area contributed by atoms with Gasteiger partial charge in [-0.1, -0.05) is 17.7 Å². The minimum atomic E-state index is 0.238. The van der Waals surface area contributed by atoms with Gasteiger partial charge in [0.2, 0.25) is 0 Å². The van der Waals surface area contributed by atoms with Gasteiger partial charge in [0.15, 0.2) is 0 Å². The molecule has 0 atom stereocenters. The predicted molar refractivity (Wildman–Crippen MR) is 61.3 cm³/mol. The molecule has 1 aromatic rings. The van der Waals surface area contributed by atoms with Crippen LogP contribution in [0.15, 0.2) is 18.2 Å². The number of benzene rings is 1. The molecular weight excluding hydrogens is 214 g/mol. The SMILES string of the molecule is COCCCNCc1c(O)cccc1Cl. The van der Waals surface area contributed by atoms with Gasteiger partial charge in [-0.05, 0) is 25.1 Å². The number of hydrogen-bond donors (Lipinski definition) is 2. The van der Waals surface area contributed by atoms with Crippen LogP contribution in [0.5, 0.6) is 5.75 Å². The van der Waals surface area contributed by atoms with Crippen molar-refractivity contribution in [2.24, 2.45) is 0 Å². The Hall–Kier alpha value is -0.770. The van der Waals surface area contributed by atoms with E-state index in [1.54, 1.807) is 25.3 Å². The van der Waals surface area contributed by atoms with Crippen LogP contribution < -0.4 is 5.32 Å². The van der Waals surface area contributed by atoms with Crippen LogP contribution >= 0.6 is 11.6 Å². The Labute approximate surface area is 95.0 Å². The van der Waals surface area contributed by atoms with Gasteiger partial charge >= 0.3 is 0 Å². The first-order valence-electron chi connectivity index (χ1n) is 4.91. The number of hydrogen-bond acceptors (Lipinski definition) is 3. The van der Waals surface area contributed by atoms with Crippen molar-refractivity contribution in [2.45, 2.75) is 13.0 Å². The van der Waals surface area contributed by atoms with Crippen LogP contribution in [0.25, 0.3) is 0 Å². The van der Waals surface area contributed by atoms with Crippen molar-refractivity contribution in [3.63, 3.8) is 0 Å². The molecule has 0 saturated heterocycles. The molecule has 0 aliphatic rings. The number of phenols is 1. The minimum absolute atomic E-state index is 0.238. The molecule has 0 radical (unpaired) electrons. The third-order valence-corrected chi connectivity index (χ3v) is 2.45. The van der Waals surface area contributed by atoms with Gasteiger partial charge in [-0.2, -0.15) is 0 Å². The Balaban J connectivity index is 2.37. The molecule has 0 aromatic heterocycles. The van der Waals surface area contributed by atoms with E-state index in [9.17, 15) is 5.11 Å². The number of methoxy groups -OCH3 is 1. The number of nitrogens with one attached hydrogen (secondary N) is 1. The van der Waals surface area contributed by atoms with Gasteiger partial charge in [0.05, 0.1) is 0 Å². The van der Waals surface area contributed by atoms with E-state index in [1.807, 2.05) is 0 Å². The van der Waals surface area contributed by atoms with Gasteiger partial charge in [0.1, 0.15) is 5.75 Å². The molecule has 0 amide bonds. The summed E-state index contributed by atoms with van der Waals surface area (Å²) in [5.41, 5.74) is 0.747. The summed E-state index contributed by atoms with van der Waals surface area (Å²) >= 11 is 5.94. The fourth-order valence-electron chi connectivity index (χ4n) is 1.28. The summed E-state index contributed by atoms with van der Waals surface area (Å²) in [6.45, 7) is 2.16. The maximum atomic E-state index is 9.54. The Morgan fingerprint density at radius 3 is 2.93 bits per heavy atom. The van der Waals surface area contributed by atoms with Crippen LogP contribution in [-0.2, 0) is 11.3 Å². The quantitative estimate of drug-likeness (QED) is 0.735. The lowest BCUT2D eigenvalue weighted by Crippen LogP contribution is -2.16. The van der Waals surface area contributed by atoms with Crippen molar-refractivity contribution in [3.8, 4) is 5.75 Å². The molecule has 0 bridgehead atoms. The first-order valence-corrected chi connectivity index (χ1v) is 5.29. The second-order valence-electron chi connectivity index (χ2n) is 3.26. The second-order valence-corrected chi connectivity index (χ2v) is 3.67. The maximum Gasteiger partial charge on any atom is 0.121 e. The van der Waals surface area contributed by atoms with Gasteiger partial charge in [-0.3, -0.25) is 0 Å². The lowest BCUT2D eigenvalue weighted by atomic mass is 10.2. The molecule has 0 aliphatic heterocycles. The number of aromatic hydroxyl groups is 1. The average Bonchev–Trinajstić information content (AvgIpc) is 2.21. The zero-order valence-electron chi connectivity index (χ0n) is 8.79. The van der Waals surface area contributed by atoms with Crippen LogP contribution in [0.3, 0.4) is 0 Å². The predicted octanol–water partition coefficient (Wildman–Crippen LogP) is 2.17. The van der Waals surface area contributed by atoms with Crippen LogP contribution in [0.1, 0.15) is 12.0 Å². The summed E-state index contributed by atoms with van der Waals surface area (Å²) in [5.74, 6) is 0.238. The molecule has 15 heavy (non-hydrogen) atoms. The maximum absolute atomic E-state index is 9.54. The molecule has 2 N–H and O–H groups in total. The van der Waals surface area contributed by atoms with E-state index in [1.165, 1.54) is 0 Å². The minimum Gasteiger partial charge on any atom is -0.508 e. The highest BCUT2D eigenvalue weighted by Gasteiger charge is 2.04. The average molecular weight is 230 g/mol. The molecule has 1 aromatic carbocycles. The van der Waals surface area contributed by atoms with E-state index in [0.717, 1.165) is 25.1 Å². The molecule has 4 heteroatoms. The monoisotopic (exact) mass is 229 g/mol. The van der Waals surface area contributed by atoms with E-state index in [-0.39, 0.29) is 5.75 Å². The van der Waals surface area contributed by atoms with Crippen molar-refractivity contribution in [1.82, 2.24) is 5.32 Å². The molecular formula is C11H16ClNO2. The van der Waals surface area contributed by atoms with Crippen LogP contribution in [-0.4, -0.2) is 25.4 Å². The van der Waals surface area contributed by atoms with Gasteiger partial charge in [-0.15, -0.1) is 0 Å². The van der Waals surface area contributed by atoms with Crippen molar-refractivity contribution in [2.75, 3.05) is 20.3 Å². The lowest BCUT2D eigenvalue weighted by Gasteiger charge is -2.08. The summed E-state index contributed by atoms with van der Waals surface area (Å²) in [6.07, 6.45) is 0.946. The Morgan fingerprint density at radius 1 is 1.47 bits per heavy atom. The Bertz CT molecular complexity index is 284. The molecule has 0 heterocycles. The zero-order chi connectivity index (χ0) is 11.1. The highest BCUT2D eigenvalue weighted by atomic mass is 35.5. The molecule has 1 rings (SSSR count). The van der Waals surface area contributed by atoms with Crippen molar-refractivity contribution in [1.29, 1.82) is 0 Å². The summed E-state index contributed by atoms with van der Waals surface area (Å²) in [6, 6.07) is 5.14. The first-order chi connectivity index (χ1) is 7.25. The molecule has 84 valence electrons. The third kappa shape index (κ3) is 4.08. The lowest BCUT2D eigenvalue weighted by molar-refractivity contribution is 0.194. The van der Waals surface area contributed by atoms with Gasteiger partial charge in [-0.25, -0.2) is 0 Å². The molecule has 3 nitrogen and oxygen atoms in total. The van der Waals surface area contributed by atoms with Crippen LogP contribution in [0.4, 0.5) is 0 Å². The Morgan fingerprint density at radius 2 is 2.27 bits per heavy atom. The standard InChI is InChI=1S/C11H16ClNO2/c1-15-7-3-6-13-8-9-10(12)4-2-5-11(9)14/h2,4-5,13-14H,3,6-8H2,1H3. The topological polar surface area (TPSA) is 41.5 Å². The second kappa shape index (κ2) is 6.67. The molecule has 0 aliphatic carbocycles. The van der Waals surface area contributed by atoms with Crippen molar-refractivity contribution < 1.29 is 9.84 Å². The highest BCUT2D eigenvalue weighted by molar-refractivity contribution is 6.31. The van der Waals surface area contributed by atoms with E-state index in [4.69, 9.17) is 16.3 Å². The van der Waals surface area contributed by atoms with Crippen LogP contribution in [0, 0.1) is 0 Å². The van der Waals surface area contributed by atoms with E-state index in [2.05, 4.69) is 5.32 Å². The van der Waals surface area contributed by atoms with E-state index in [0.29, 0.717) is 11.6 Å². The third-order valence-electron chi connectivity index (χ3n) is 2.10. The van der Waals surface area contributed by atoms with Gasteiger partial charge < -0.3 is 15.2 Å². The van der Waals surface area contributed by atoms with Crippen molar-refractivity contribution in [3.05, 3.63) is 28.8 Å². The normalized spacial score (nSPS) is 10.5. The summed E-state index contributed by atoms with van der Waals surface area (Å²) in [5, 5.41) is 13.3. The molecule has 0 saturated carbocycles. The van der Waals surface area contributed by atoms with Gasteiger partial charge in [0, 0.05) is 30.8 Å². The smallest absolute Gasteiger partial charge is 0.121 e. The number of rotatable bonds is 6. The summed E-state index contributed by atoms with van der Waals surface area (Å²) < 4.78 is 4.93. The molecule has 0 unspecified atom stereocenters. The number of ether oxygens (including phenoxy) is 1. The van der Waals surface area contributed by atoms with E-state index < -0.39 is 0 Å². The fourth-order valence-corrected chi connectivity index (χ4v) is 1.51. The highest BCUT2D eigenvalue weighted by Crippen LogP contribution is 2.24. The molecule has 0 fully saturated rings. The van der Waals surface area contributed by atoms with Gasteiger partial charge in [0.25, 0.3) is 0 Å². The fraction of sp³-hybridized carbons (Fsp3) is 0.455. The number of halogens is 1. The number of phenolic OH excluding ortho intramolecular Hbond substituents is 1. The Kier molecular flexibility index (Phi) is 5.47. The van der Waals surface area contributed by atoms with Crippen molar-refractivity contribution >= 4 is 11.6 Å². The first kappa shape index (κ1) is 12.3. The van der Waals surface area contributed by atoms with E-state index >= 15 is 0 Å². The largest absolute Gasteiger partial charge is 0.508 e. The summed E-state index contributed by atoms with van der Waals surface area (Å²) in [7, 11) is 1.68. The molecule has 0 spiro atoms.